The summed E-state index contributed by atoms with van der Waals surface area (Å²) in [7, 11) is 0. The Bertz CT molecular complexity index is 995. The third kappa shape index (κ3) is 2.83. The highest BCUT2D eigenvalue weighted by molar-refractivity contribution is 6.10. The predicted molar refractivity (Wildman–Crippen MR) is 96.5 cm³/mol. The molecule has 0 spiro atoms. The molecular formula is C19H17N5O2. The third-order valence-corrected chi connectivity index (χ3v) is 4.28. The maximum absolute atomic E-state index is 13.0. The number of nitrogens with one attached hydrogen (secondary N) is 1. The van der Waals surface area contributed by atoms with E-state index < -0.39 is 0 Å². The average Bonchev–Trinajstić information content (AvgIpc) is 3.08. The molecule has 1 aromatic heterocycles. The fraction of sp³-hybridized carbons (Fsp3) is 0.158. The lowest BCUT2D eigenvalue weighted by molar-refractivity contribution is 0.0953. The Morgan fingerprint density at radius 1 is 1.15 bits per heavy atom. The summed E-state index contributed by atoms with van der Waals surface area (Å²) in [5.74, 6) is -0.466. The van der Waals surface area contributed by atoms with Crippen LogP contribution in [0.4, 0.5) is 5.69 Å². The lowest BCUT2D eigenvalue weighted by Gasteiger charge is -2.20. The van der Waals surface area contributed by atoms with Crippen LogP contribution in [-0.2, 0) is 0 Å². The molecule has 0 unspecified atom stereocenters. The number of fused-ring (bicyclic) bond motifs is 1. The molecule has 0 saturated carbocycles. The highest BCUT2D eigenvalue weighted by Crippen LogP contribution is 2.23. The molecule has 7 heteroatoms. The van der Waals surface area contributed by atoms with Gasteiger partial charge in [-0.15, -0.1) is 5.10 Å². The number of hydrogen-bond acceptors (Lipinski definition) is 4. The maximum Gasteiger partial charge on any atom is 0.280 e. The number of carbonyl (C=O) groups excluding carboxylic acids is 2. The van der Waals surface area contributed by atoms with Gasteiger partial charge in [0, 0.05) is 13.1 Å². The average molecular weight is 347 g/mol. The molecule has 0 atom stereocenters. The van der Waals surface area contributed by atoms with Crippen molar-refractivity contribution < 1.29 is 9.59 Å². The van der Waals surface area contributed by atoms with E-state index in [1.54, 1.807) is 40.0 Å². The van der Waals surface area contributed by atoms with Crippen LogP contribution in [0.1, 0.15) is 26.4 Å². The van der Waals surface area contributed by atoms with Crippen molar-refractivity contribution in [1.29, 1.82) is 0 Å². The second kappa shape index (κ2) is 6.44. The predicted octanol–water partition coefficient (Wildman–Crippen LogP) is 1.97. The van der Waals surface area contributed by atoms with E-state index in [1.165, 1.54) is 0 Å². The van der Waals surface area contributed by atoms with Gasteiger partial charge in [-0.05, 0) is 36.8 Å². The van der Waals surface area contributed by atoms with Gasteiger partial charge in [-0.25, -0.2) is 4.68 Å². The van der Waals surface area contributed by atoms with Crippen LogP contribution in [0.5, 0.6) is 0 Å². The van der Waals surface area contributed by atoms with Crippen molar-refractivity contribution in [2.45, 2.75) is 6.92 Å². The van der Waals surface area contributed by atoms with Gasteiger partial charge in [0.15, 0.2) is 5.69 Å². The van der Waals surface area contributed by atoms with E-state index >= 15 is 0 Å². The summed E-state index contributed by atoms with van der Waals surface area (Å²) in [6, 6.07) is 14.8. The molecule has 0 aliphatic carbocycles. The van der Waals surface area contributed by atoms with Gasteiger partial charge in [-0.2, -0.15) is 0 Å². The Kier molecular flexibility index (Phi) is 3.96. The van der Waals surface area contributed by atoms with Crippen molar-refractivity contribution in [3.63, 3.8) is 0 Å². The van der Waals surface area contributed by atoms with Crippen LogP contribution in [0, 0.1) is 6.92 Å². The molecule has 7 nitrogen and oxygen atoms in total. The molecule has 1 aliphatic rings. The van der Waals surface area contributed by atoms with Gasteiger partial charge in [-0.1, -0.05) is 29.5 Å². The maximum atomic E-state index is 13.0. The first-order valence-electron chi connectivity index (χ1n) is 8.32. The van der Waals surface area contributed by atoms with Gasteiger partial charge in [0.25, 0.3) is 11.8 Å². The summed E-state index contributed by atoms with van der Waals surface area (Å²) in [5.41, 5.74) is 3.22. The Hall–Kier alpha value is -3.48. The van der Waals surface area contributed by atoms with Gasteiger partial charge in [-0.3, -0.25) is 9.59 Å². The highest BCUT2D eigenvalue weighted by atomic mass is 16.2. The summed E-state index contributed by atoms with van der Waals surface area (Å²) >= 11 is 0. The van der Waals surface area contributed by atoms with E-state index in [0.717, 1.165) is 11.3 Å². The molecule has 2 heterocycles. The molecule has 0 fully saturated rings. The quantitative estimate of drug-likeness (QED) is 0.768. The molecule has 1 N–H and O–H groups in total. The van der Waals surface area contributed by atoms with E-state index in [-0.39, 0.29) is 17.5 Å². The van der Waals surface area contributed by atoms with Crippen molar-refractivity contribution in [2.75, 3.05) is 18.0 Å². The first kappa shape index (κ1) is 16.0. The van der Waals surface area contributed by atoms with Gasteiger partial charge in [0.1, 0.15) is 0 Å². The van der Waals surface area contributed by atoms with E-state index in [0.29, 0.717) is 24.3 Å². The second-order valence-electron chi connectivity index (χ2n) is 6.12. The fourth-order valence-corrected chi connectivity index (χ4v) is 3.01. The van der Waals surface area contributed by atoms with Crippen molar-refractivity contribution in [3.8, 4) is 5.69 Å². The summed E-state index contributed by atoms with van der Waals surface area (Å²) in [6.07, 6.45) is 1.61. The molecule has 4 rings (SSSR count). The standard InChI is InChI=1S/C19H17N5O2/c1-13-5-4-6-14(11-13)24-12-16(21-22-24)19(26)23-10-9-20-18(25)15-7-2-3-8-17(15)23/h2-8,11-12H,9-10H2,1H3,(H,20,25). The van der Waals surface area contributed by atoms with Crippen molar-refractivity contribution in [2.24, 2.45) is 0 Å². The number of aromatic nitrogens is 3. The smallest absolute Gasteiger partial charge is 0.280 e. The van der Waals surface area contributed by atoms with Crippen LogP contribution in [0.2, 0.25) is 0 Å². The summed E-state index contributed by atoms with van der Waals surface area (Å²) < 4.78 is 1.58. The molecule has 0 saturated heterocycles. The number of benzene rings is 2. The van der Waals surface area contributed by atoms with Crippen LogP contribution in [0.3, 0.4) is 0 Å². The normalized spacial score (nSPS) is 13.7. The number of hydrogen-bond donors (Lipinski definition) is 1. The molecule has 1 aliphatic heterocycles. The number of carbonyl (C=O) groups is 2. The Balaban J connectivity index is 1.68. The van der Waals surface area contributed by atoms with Crippen LogP contribution in [0.25, 0.3) is 5.69 Å². The summed E-state index contributed by atoms with van der Waals surface area (Å²) in [4.78, 5) is 26.7. The first-order chi connectivity index (χ1) is 12.6. The molecule has 0 bridgehead atoms. The number of anilines is 1. The van der Waals surface area contributed by atoms with Crippen LogP contribution in [-0.4, -0.2) is 39.9 Å². The zero-order valence-electron chi connectivity index (χ0n) is 14.2. The second-order valence-corrected chi connectivity index (χ2v) is 6.12. The number of para-hydroxylation sites is 1. The topological polar surface area (TPSA) is 80.1 Å². The highest BCUT2D eigenvalue weighted by Gasteiger charge is 2.27. The van der Waals surface area contributed by atoms with Gasteiger partial charge >= 0.3 is 0 Å². The molecule has 2 aromatic carbocycles. The zero-order valence-corrected chi connectivity index (χ0v) is 14.2. The molecule has 0 radical (unpaired) electrons. The van der Waals surface area contributed by atoms with Gasteiger partial charge in [0.05, 0.1) is 23.1 Å². The number of rotatable bonds is 2. The molecule has 2 amide bonds. The molecular weight excluding hydrogens is 330 g/mol. The Labute approximate surface area is 150 Å². The van der Waals surface area contributed by atoms with E-state index in [1.807, 2.05) is 31.2 Å². The third-order valence-electron chi connectivity index (χ3n) is 4.28. The Morgan fingerprint density at radius 2 is 2.00 bits per heavy atom. The minimum atomic E-state index is -0.284. The number of nitrogens with zero attached hydrogens (tertiary/aromatic N) is 4. The number of aryl methyl sites for hydroxylation is 1. The van der Waals surface area contributed by atoms with Crippen LogP contribution >= 0.6 is 0 Å². The summed E-state index contributed by atoms with van der Waals surface area (Å²) in [5, 5.41) is 10.9. The lowest BCUT2D eigenvalue weighted by Crippen LogP contribution is -2.35. The van der Waals surface area contributed by atoms with Crippen molar-refractivity contribution in [3.05, 3.63) is 71.5 Å². The van der Waals surface area contributed by atoms with Crippen LogP contribution < -0.4 is 10.2 Å². The zero-order chi connectivity index (χ0) is 18.1. The molecule has 3 aromatic rings. The minimum absolute atomic E-state index is 0.181. The van der Waals surface area contributed by atoms with E-state index in [9.17, 15) is 9.59 Å². The van der Waals surface area contributed by atoms with E-state index in [2.05, 4.69) is 15.6 Å². The SMILES string of the molecule is Cc1cccc(-n2cc(C(=O)N3CCNC(=O)c4ccccc43)nn2)c1. The summed E-state index contributed by atoms with van der Waals surface area (Å²) in [6.45, 7) is 2.74. The van der Waals surface area contributed by atoms with Gasteiger partial charge < -0.3 is 10.2 Å². The lowest BCUT2D eigenvalue weighted by atomic mass is 10.1. The van der Waals surface area contributed by atoms with Crippen molar-refractivity contribution >= 4 is 17.5 Å². The molecule has 130 valence electrons. The first-order valence-corrected chi connectivity index (χ1v) is 8.32. The molecule has 26 heavy (non-hydrogen) atoms. The van der Waals surface area contributed by atoms with Gasteiger partial charge in [0.2, 0.25) is 0 Å². The number of amides is 2. The monoisotopic (exact) mass is 347 g/mol. The van der Waals surface area contributed by atoms with E-state index in [4.69, 9.17) is 0 Å². The van der Waals surface area contributed by atoms with Crippen LogP contribution in [0.15, 0.2) is 54.7 Å². The Morgan fingerprint density at radius 3 is 2.85 bits per heavy atom. The van der Waals surface area contributed by atoms with Crippen molar-refractivity contribution in [1.82, 2.24) is 20.3 Å². The minimum Gasteiger partial charge on any atom is -0.350 e. The fourth-order valence-electron chi connectivity index (χ4n) is 3.01. The largest absolute Gasteiger partial charge is 0.350 e.